The Morgan fingerprint density at radius 2 is 2.04 bits per heavy atom. The molecule has 0 saturated heterocycles. The zero-order valence-corrected chi connectivity index (χ0v) is 12.5. The quantitative estimate of drug-likeness (QED) is 0.876. The SMILES string of the molecule is C#CCNC(=O)C1Cc2ccccc2CN1C(=O)c1ccco1. The minimum atomic E-state index is -0.601. The predicted octanol–water partition coefficient (Wildman–Crippen LogP) is 1.60. The molecule has 1 unspecified atom stereocenters. The van der Waals surface area contributed by atoms with Gasteiger partial charge in [-0.1, -0.05) is 30.2 Å². The maximum atomic E-state index is 12.7. The van der Waals surface area contributed by atoms with Gasteiger partial charge in [0.2, 0.25) is 5.91 Å². The molecule has 2 aromatic rings. The molecular formula is C18H16N2O3. The molecular weight excluding hydrogens is 292 g/mol. The van der Waals surface area contributed by atoms with E-state index in [1.54, 1.807) is 12.1 Å². The van der Waals surface area contributed by atoms with Crippen LogP contribution in [0.3, 0.4) is 0 Å². The van der Waals surface area contributed by atoms with Gasteiger partial charge in [0.1, 0.15) is 6.04 Å². The summed E-state index contributed by atoms with van der Waals surface area (Å²) < 4.78 is 5.19. The van der Waals surface area contributed by atoms with Gasteiger partial charge in [-0.05, 0) is 23.3 Å². The Bertz CT molecular complexity index is 759. The Hall–Kier alpha value is -3.00. The smallest absolute Gasteiger partial charge is 0.290 e. The topological polar surface area (TPSA) is 62.6 Å². The Labute approximate surface area is 134 Å². The minimum absolute atomic E-state index is 0.139. The van der Waals surface area contributed by atoms with Crippen LogP contribution in [0, 0.1) is 12.3 Å². The van der Waals surface area contributed by atoms with Gasteiger partial charge in [0.25, 0.3) is 5.91 Å². The van der Waals surface area contributed by atoms with Crippen molar-refractivity contribution in [3.63, 3.8) is 0 Å². The highest BCUT2D eigenvalue weighted by atomic mass is 16.3. The molecule has 1 N–H and O–H groups in total. The summed E-state index contributed by atoms with van der Waals surface area (Å²) in [5.74, 6) is 2.04. The molecule has 5 nitrogen and oxygen atoms in total. The van der Waals surface area contributed by atoms with Gasteiger partial charge in [0, 0.05) is 13.0 Å². The lowest BCUT2D eigenvalue weighted by molar-refractivity contribution is -0.125. The van der Waals surface area contributed by atoms with Crippen LogP contribution in [0.1, 0.15) is 21.7 Å². The zero-order valence-electron chi connectivity index (χ0n) is 12.5. The van der Waals surface area contributed by atoms with Crippen molar-refractivity contribution in [1.82, 2.24) is 10.2 Å². The van der Waals surface area contributed by atoms with Crippen molar-refractivity contribution >= 4 is 11.8 Å². The zero-order chi connectivity index (χ0) is 16.2. The van der Waals surface area contributed by atoms with Gasteiger partial charge >= 0.3 is 0 Å². The molecule has 0 fully saturated rings. The highest BCUT2D eigenvalue weighted by Crippen LogP contribution is 2.25. The van der Waals surface area contributed by atoms with Crippen LogP contribution >= 0.6 is 0 Å². The second-order valence-corrected chi connectivity index (χ2v) is 5.32. The fourth-order valence-electron chi connectivity index (χ4n) is 2.77. The fourth-order valence-corrected chi connectivity index (χ4v) is 2.77. The Balaban J connectivity index is 1.91. The first-order valence-electron chi connectivity index (χ1n) is 7.33. The number of rotatable bonds is 3. The summed E-state index contributed by atoms with van der Waals surface area (Å²) in [4.78, 5) is 26.6. The molecule has 1 aromatic heterocycles. The summed E-state index contributed by atoms with van der Waals surface area (Å²) in [7, 11) is 0. The van der Waals surface area contributed by atoms with Crippen LogP contribution in [0.15, 0.2) is 47.1 Å². The van der Waals surface area contributed by atoms with Crippen molar-refractivity contribution in [3.8, 4) is 12.3 Å². The normalized spacial score (nSPS) is 16.3. The Morgan fingerprint density at radius 3 is 2.74 bits per heavy atom. The van der Waals surface area contributed by atoms with E-state index >= 15 is 0 Å². The summed E-state index contributed by atoms with van der Waals surface area (Å²) in [6, 6.07) is 10.4. The molecule has 0 aliphatic carbocycles. The maximum Gasteiger partial charge on any atom is 0.290 e. The number of hydrogen-bond acceptors (Lipinski definition) is 3. The third-order valence-electron chi connectivity index (χ3n) is 3.91. The van der Waals surface area contributed by atoms with E-state index in [9.17, 15) is 9.59 Å². The lowest BCUT2D eigenvalue weighted by Gasteiger charge is -2.35. The second-order valence-electron chi connectivity index (χ2n) is 5.32. The van der Waals surface area contributed by atoms with Gasteiger partial charge in [0.15, 0.2) is 5.76 Å². The molecule has 5 heteroatoms. The molecule has 1 aliphatic heterocycles. The highest BCUT2D eigenvalue weighted by molar-refractivity contribution is 5.96. The fraction of sp³-hybridized carbons (Fsp3) is 0.222. The van der Waals surface area contributed by atoms with Crippen molar-refractivity contribution in [3.05, 3.63) is 59.5 Å². The van der Waals surface area contributed by atoms with Crippen molar-refractivity contribution < 1.29 is 14.0 Å². The van der Waals surface area contributed by atoms with Crippen molar-refractivity contribution in [2.75, 3.05) is 6.54 Å². The molecule has 0 bridgehead atoms. The number of terminal acetylenes is 1. The van der Waals surface area contributed by atoms with Crippen LogP contribution in [0.2, 0.25) is 0 Å². The van der Waals surface area contributed by atoms with E-state index in [1.165, 1.54) is 11.2 Å². The van der Waals surface area contributed by atoms with E-state index in [4.69, 9.17) is 10.8 Å². The van der Waals surface area contributed by atoms with Crippen LogP contribution in [0.4, 0.5) is 0 Å². The average molecular weight is 308 g/mol. The van der Waals surface area contributed by atoms with Crippen LogP contribution in [-0.2, 0) is 17.8 Å². The van der Waals surface area contributed by atoms with Crippen LogP contribution in [-0.4, -0.2) is 29.3 Å². The van der Waals surface area contributed by atoms with Crippen LogP contribution in [0.5, 0.6) is 0 Å². The molecule has 116 valence electrons. The number of carbonyl (C=O) groups is 2. The third kappa shape index (κ3) is 2.97. The molecule has 23 heavy (non-hydrogen) atoms. The standard InChI is InChI=1S/C18H16N2O3/c1-2-9-19-17(21)15-11-13-6-3-4-7-14(13)12-20(15)18(22)16-8-5-10-23-16/h1,3-8,10,15H,9,11-12H2,(H,19,21). The van der Waals surface area contributed by atoms with E-state index in [0.717, 1.165) is 11.1 Å². The third-order valence-corrected chi connectivity index (χ3v) is 3.91. The van der Waals surface area contributed by atoms with Gasteiger partial charge in [-0.2, -0.15) is 0 Å². The molecule has 1 aliphatic rings. The Kier molecular flexibility index (Phi) is 4.15. The lowest BCUT2D eigenvalue weighted by atomic mass is 9.93. The molecule has 0 saturated carbocycles. The summed E-state index contributed by atoms with van der Waals surface area (Å²) in [5.41, 5.74) is 2.10. The summed E-state index contributed by atoms with van der Waals surface area (Å²) >= 11 is 0. The molecule has 2 heterocycles. The number of nitrogens with one attached hydrogen (secondary N) is 1. The summed E-state index contributed by atoms with van der Waals surface area (Å²) in [6.45, 7) is 0.504. The van der Waals surface area contributed by atoms with Crippen molar-refractivity contribution in [2.24, 2.45) is 0 Å². The molecule has 2 amide bonds. The summed E-state index contributed by atoms with van der Waals surface area (Å²) in [5, 5.41) is 2.66. The van der Waals surface area contributed by atoms with E-state index in [2.05, 4.69) is 11.2 Å². The maximum absolute atomic E-state index is 12.7. The minimum Gasteiger partial charge on any atom is -0.459 e. The van der Waals surface area contributed by atoms with Gasteiger partial charge < -0.3 is 14.6 Å². The van der Waals surface area contributed by atoms with Crippen LogP contribution < -0.4 is 5.32 Å². The van der Waals surface area contributed by atoms with Crippen LogP contribution in [0.25, 0.3) is 0 Å². The average Bonchev–Trinajstić information content (AvgIpc) is 3.12. The number of hydrogen-bond donors (Lipinski definition) is 1. The molecule has 0 spiro atoms. The van der Waals surface area contributed by atoms with E-state index in [0.29, 0.717) is 13.0 Å². The number of furan rings is 1. The van der Waals surface area contributed by atoms with Crippen molar-refractivity contribution in [1.29, 1.82) is 0 Å². The molecule has 3 rings (SSSR count). The number of carbonyl (C=O) groups excluding carboxylic acids is 2. The first kappa shape index (κ1) is 14.9. The van der Waals surface area contributed by atoms with Gasteiger partial charge in [-0.25, -0.2) is 0 Å². The number of amides is 2. The van der Waals surface area contributed by atoms with Crippen molar-refractivity contribution in [2.45, 2.75) is 19.0 Å². The Morgan fingerprint density at radius 1 is 1.26 bits per heavy atom. The second kappa shape index (κ2) is 6.41. The number of nitrogens with zero attached hydrogens (tertiary/aromatic N) is 1. The first-order valence-corrected chi connectivity index (χ1v) is 7.33. The number of fused-ring (bicyclic) bond motifs is 1. The van der Waals surface area contributed by atoms with E-state index < -0.39 is 6.04 Å². The highest BCUT2D eigenvalue weighted by Gasteiger charge is 2.35. The molecule has 1 atom stereocenters. The lowest BCUT2D eigenvalue weighted by Crippen LogP contribution is -2.52. The van der Waals surface area contributed by atoms with Gasteiger partial charge in [0.05, 0.1) is 12.8 Å². The van der Waals surface area contributed by atoms with Gasteiger partial charge in [-0.3, -0.25) is 9.59 Å². The van der Waals surface area contributed by atoms with E-state index in [-0.39, 0.29) is 24.1 Å². The molecule has 1 aromatic carbocycles. The summed E-state index contributed by atoms with van der Waals surface area (Å²) in [6.07, 6.45) is 7.09. The predicted molar refractivity (Wildman–Crippen MR) is 84.4 cm³/mol. The first-order chi connectivity index (χ1) is 11.2. The number of benzene rings is 1. The largest absolute Gasteiger partial charge is 0.459 e. The monoisotopic (exact) mass is 308 g/mol. The van der Waals surface area contributed by atoms with E-state index in [1.807, 2.05) is 24.3 Å². The molecule has 0 radical (unpaired) electrons. The van der Waals surface area contributed by atoms with Gasteiger partial charge in [-0.15, -0.1) is 6.42 Å².